The van der Waals surface area contributed by atoms with Crippen LogP contribution in [0.15, 0.2) is 170 Å². The molecule has 51 heavy (non-hydrogen) atoms. The van der Waals surface area contributed by atoms with Gasteiger partial charge in [0.15, 0.2) is 0 Å². The first-order valence-corrected chi connectivity index (χ1v) is 25.1. The summed E-state index contributed by atoms with van der Waals surface area (Å²) in [6, 6.07) is 62.5. The van der Waals surface area contributed by atoms with E-state index in [0.717, 1.165) is 11.4 Å². The lowest BCUT2D eigenvalue weighted by atomic mass is 9.99. The fraction of sp³-hybridized carbons (Fsp3) is 0.149. The number of para-hydroxylation sites is 4. The van der Waals surface area contributed by atoms with E-state index in [1.54, 1.807) is 0 Å². The number of benzene rings is 7. The minimum Gasteiger partial charge on any atom is -0.310 e. The topological polar surface area (TPSA) is 6.48 Å². The van der Waals surface area contributed by atoms with E-state index in [4.69, 9.17) is 0 Å². The van der Waals surface area contributed by atoms with Crippen LogP contribution < -0.4 is 9.80 Å². The summed E-state index contributed by atoms with van der Waals surface area (Å²) >= 11 is 0. The Balaban J connectivity index is 1.36. The van der Waals surface area contributed by atoms with Gasteiger partial charge in [-0.25, -0.2) is 0 Å². The highest BCUT2D eigenvalue weighted by Crippen LogP contribution is 2.59. The number of hydrogen-bond donors (Lipinski definition) is 0. The minimum atomic E-state index is -1.92. The van der Waals surface area contributed by atoms with Crippen molar-refractivity contribution >= 4 is 61.0 Å². The minimum absolute atomic E-state index is 0.00244. The molecule has 0 radical (unpaired) electrons. The van der Waals surface area contributed by atoms with Crippen molar-refractivity contribution in [1.82, 2.24) is 0 Å². The molecule has 7 aromatic rings. The molecule has 0 unspecified atom stereocenters. The van der Waals surface area contributed by atoms with Crippen molar-refractivity contribution in [3.8, 4) is 11.1 Å². The molecule has 0 spiro atoms. The molecule has 2 nitrogen and oxygen atoms in total. The fourth-order valence-electron chi connectivity index (χ4n) is 9.26. The molecule has 0 atom stereocenters. The van der Waals surface area contributed by atoms with Gasteiger partial charge in [0.2, 0.25) is 0 Å². The van der Waals surface area contributed by atoms with E-state index >= 15 is 0 Å². The Morgan fingerprint density at radius 3 is 1.16 bits per heavy atom. The molecular weight excluding hydrogens is 649 g/mol. The average molecular weight is 695 g/mol. The molecule has 0 saturated heterocycles. The van der Waals surface area contributed by atoms with E-state index in [1.807, 2.05) is 0 Å². The van der Waals surface area contributed by atoms with Crippen molar-refractivity contribution in [2.75, 3.05) is 9.80 Å². The van der Waals surface area contributed by atoms with Gasteiger partial charge >= 0.3 is 0 Å². The molecule has 0 bridgehead atoms. The second-order valence-electron chi connectivity index (χ2n) is 15.9. The standard InChI is InChI=1S/C47H46N2Si2/c1-50(2,3)47(51(4,5)6)45-33-36-31-41(48(37-19-11-7-12-20-37)38-21-13-8-14-22-38)28-27-35(36)32-44(45)43-30-29-42(34-46(43)47)49(39-23-15-9-16-24-39)40-25-17-10-18-26-40/h7-34H,1-6H3. The van der Waals surface area contributed by atoms with Crippen molar-refractivity contribution < 1.29 is 0 Å². The summed E-state index contributed by atoms with van der Waals surface area (Å²) in [4.78, 5) is 4.80. The largest absolute Gasteiger partial charge is 0.310 e. The second-order valence-corrected chi connectivity index (χ2v) is 26.9. The predicted octanol–water partition coefficient (Wildman–Crippen LogP) is 13.8. The third kappa shape index (κ3) is 5.45. The van der Waals surface area contributed by atoms with E-state index in [9.17, 15) is 0 Å². The van der Waals surface area contributed by atoms with Crippen molar-refractivity contribution in [2.45, 2.75) is 43.9 Å². The first-order valence-electron chi connectivity index (χ1n) is 18.1. The van der Waals surface area contributed by atoms with Crippen LogP contribution in [0, 0.1) is 0 Å². The van der Waals surface area contributed by atoms with Crippen molar-refractivity contribution in [3.05, 3.63) is 181 Å². The molecule has 252 valence electrons. The van der Waals surface area contributed by atoms with Gasteiger partial charge in [-0.15, -0.1) is 0 Å². The van der Waals surface area contributed by atoms with Crippen LogP contribution in [0.3, 0.4) is 0 Å². The van der Waals surface area contributed by atoms with Crippen LogP contribution in [0.25, 0.3) is 21.9 Å². The lowest BCUT2D eigenvalue weighted by molar-refractivity contribution is 0.953. The van der Waals surface area contributed by atoms with Crippen LogP contribution in [-0.2, 0) is 4.66 Å². The Kier molecular flexibility index (Phi) is 8.12. The van der Waals surface area contributed by atoms with Crippen LogP contribution in [0.2, 0.25) is 39.3 Å². The number of anilines is 6. The second kappa shape index (κ2) is 12.6. The molecule has 0 N–H and O–H groups in total. The molecule has 0 saturated carbocycles. The molecule has 0 amide bonds. The fourth-order valence-corrected chi connectivity index (χ4v) is 22.3. The van der Waals surface area contributed by atoms with Gasteiger partial charge in [-0.3, -0.25) is 0 Å². The highest BCUT2D eigenvalue weighted by Gasteiger charge is 2.59. The summed E-state index contributed by atoms with van der Waals surface area (Å²) in [5, 5.41) is 2.58. The maximum absolute atomic E-state index is 2.61. The van der Waals surface area contributed by atoms with E-state index in [2.05, 4.69) is 219 Å². The number of nitrogens with zero attached hydrogens (tertiary/aromatic N) is 2. The summed E-state index contributed by atoms with van der Waals surface area (Å²) in [6.07, 6.45) is 0. The Morgan fingerprint density at radius 1 is 0.333 bits per heavy atom. The molecule has 8 rings (SSSR count). The summed E-state index contributed by atoms with van der Waals surface area (Å²) in [5.74, 6) is 0. The maximum Gasteiger partial charge on any atom is 0.0579 e. The summed E-state index contributed by atoms with van der Waals surface area (Å²) < 4.78 is 0.00244. The first-order chi connectivity index (χ1) is 24.6. The molecule has 4 heteroatoms. The lowest BCUT2D eigenvalue weighted by Gasteiger charge is -2.51. The van der Waals surface area contributed by atoms with Gasteiger partial charge in [-0.05, 0) is 112 Å². The monoisotopic (exact) mass is 694 g/mol. The molecular formula is C47H46N2Si2. The molecule has 0 aromatic heterocycles. The normalized spacial score (nSPS) is 13.5. The molecule has 0 heterocycles. The first kappa shape index (κ1) is 33.0. The summed E-state index contributed by atoms with van der Waals surface area (Å²) in [6.45, 7) is 15.6. The molecule has 0 aliphatic heterocycles. The van der Waals surface area contributed by atoms with Crippen LogP contribution in [0.1, 0.15) is 11.1 Å². The van der Waals surface area contributed by atoms with Crippen LogP contribution in [-0.4, -0.2) is 16.1 Å². The molecule has 7 aromatic carbocycles. The summed E-state index contributed by atoms with van der Waals surface area (Å²) in [7, 11) is -3.85. The Bertz CT molecular complexity index is 2230. The van der Waals surface area contributed by atoms with Gasteiger partial charge < -0.3 is 9.80 Å². The number of hydrogen-bond acceptors (Lipinski definition) is 2. The van der Waals surface area contributed by atoms with Gasteiger partial charge in [0.1, 0.15) is 0 Å². The molecule has 1 aliphatic rings. The Labute approximate surface area is 305 Å². The third-order valence-corrected chi connectivity index (χ3v) is 21.0. The highest BCUT2D eigenvalue weighted by molar-refractivity contribution is 6.99. The van der Waals surface area contributed by atoms with E-state index < -0.39 is 16.1 Å². The summed E-state index contributed by atoms with van der Waals surface area (Å²) in [5.41, 5.74) is 12.9. The smallest absolute Gasteiger partial charge is 0.0579 e. The van der Waals surface area contributed by atoms with Gasteiger partial charge in [0, 0.05) is 38.8 Å². The third-order valence-electron chi connectivity index (χ3n) is 10.9. The van der Waals surface area contributed by atoms with Gasteiger partial charge in [0.25, 0.3) is 0 Å². The zero-order valence-corrected chi connectivity index (χ0v) is 32.6. The number of rotatable bonds is 8. The van der Waals surface area contributed by atoms with Crippen molar-refractivity contribution in [2.24, 2.45) is 0 Å². The molecule has 1 aliphatic carbocycles. The van der Waals surface area contributed by atoms with E-state index in [-0.39, 0.29) is 4.66 Å². The SMILES string of the molecule is C[Si](C)(C)C1([Si](C)(C)C)c2cc(N(c3ccccc3)c3ccccc3)ccc2-c2cc3ccc(N(c4ccccc4)c4ccccc4)cc3cc21. The van der Waals surface area contributed by atoms with Crippen LogP contribution in [0.5, 0.6) is 0 Å². The van der Waals surface area contributed by atoms with Crippen molar-refractivity contribution in [3.63, 3.8) is 0 Å². The average Bonchev–Trinajstić information content (AvgIpc) is 3.43. The van der Waals surface area contributed by atoms with Crippen molar-refractivity contribution in [1.29, 1.82) is 0 Å². The lowest BCUT2D eigenvalue weighted by Crippen LogP contribution is -2.63. The zero-order valence-electron chi connectivity index (χ0n) is 30.6. The quantitative estimate of drug-likeness (QED) is 0.146. The molecule has 0 fully saturated rings. The van der Waals surface area contributed by atoms with Gasteiger partial charge in [-0.1, -0.05) is 130 Å². The predicted molar refractivity (Wildman–Crippen MR) is 226 cm³/mol. The van der Waals surface area contributed by atoms with Gasteiger partial charge in [-0.2, -0.15) is 0 Å². The zero-order chi connectivity index (χ0) is 35.4. The van der Waals surface area contributed by atoms with E-state index in [0.29, 0.717) is 0 Å². The number of fused-ring (bicyclic) bond motifs is 4. The van der Waals surface area contributed by atoms with Crippen LogP contribution in [0.4, 0.5) is 34.1 Å². The van der Waals surface area contributed by atoms with Gasteiger partial charge in [0.05, 0.1) is 16.1 Å². The Hall–Kier alpha value is -5.17. The van der Waals surface area contributed by atoms with E-state index in [1.165, 1.54) is 55.8 Å². The Morgan fingerprint density at radius 2 is 0.725 bits per heavy atom. The van der Waals surface area contributed by atoms with Crippen LogP contribution >= 0.6 is 0 Å². The maximum atomic E-state index is 2.61. The highest BCUT2D eigenvalue weighted by atomic mass is 28.4.